The summed E-state index contributed by atoms with van der Waals surface area (Å²) in [6.45, 7) is 4.88. The number of nitro benzene ring substituents is 1. The molecule has 1 aromatic rings. The number of benzene rings is 1. The molecule has 7 heteroatoms. The van der Waals surface area contributed by atoms with Gasteiger partial charge in [-0.3, -0.25) is 10.1 Å². The van der Waals surface area contributed by atoms with Crippen molar-refractivity contribution >= 4 is 21.2 Å². The maximum atomic E-state index is 11.5. The van der Waals surface area contributed by atoms with E-state index in [0.29, 0.717) is 11.6 Å². The second-order valence-corrected chi connectivity index (χ2v) is 7.54. The van der Waals surface area contributed by atoms with E-state index in [-0.39, 0.29) is 16.6 Å². The maximum Gasteiger partial charge on any atom is 0.293 e. The minimum Gasteiger partial charge on any atom is -0.363 e. The van der Waals surface area contributed by atoms with Gasteiger partial charge in [0.05, 0.1) is 9.82 Å². The van der Waals surface area contributed by atoms with E-state index in [0.717, 1.165) is 25.3 Å². The fraction of sp³-hybridized carbons (Fsp3) is 0.538. The Balaban J connectivity index is 2.52. The Bertz CT molecular complexity index is 642. The van der Waals surface area contributed by atoms with E-state index in [1.165, 1.54) is 6.07 Å². The van der Waals surface area contributed by atoms with E-state index in [2.05, 4.69) is 6.92 Å². The molecule has 1 aromatic carbocycles. The standard InChI is InChI=1S/C13H18N2O4S/c1-9-6-10(2)14(8-9)12-5-4-11(20(3,18)19)7-13(12)15(16)17/h4-5,7,9-10H,6,8H2,1-3H3/t9-,10-/m1/s1. The zero-order chi connectivity index (χ0) is 15.1. The smallest absolute Gasteiger partial charge is 0.293 e. The van der Waals surface area contributed by atoms with Crippen LogP contribution < -0.4 is 4.90 Å². The zero-order valence-corrected chi connectivity index (χ0v) is 12.6. The van der Waals surface area contributed by atoms with Gasteiger partial charge >= 0.3 is 0 Å². The van der Waals surface area contributed by atoms with Crippen LogP contribution in [0, 0.1) is 16.0 Å². The molecule has 2 rings (SSSR count). The molecule has 1 heterocycles. The van der Waals surface area contributed by atoms with Gasteiger partial charge in [-0.15, -0.1) is 0 Å². The van der Waals surface area contributed by atoms with E-state index in [1.54, 1.807) is 6.07 Å². The van der Waals surface area contributed by atoms with Crippen molar-refractivity contribution in [3.05, 3.63) is 28.3 Å². The minimum absolute atomic E-state index is 0.0205. The van der Waals surface area contributed by atoms with Crippen molar-refractivity contribution in [3.63, 3.8) is 0 Å². The summed E-state index contributed by atoms with van der Waals surface area (Å²) in [5, 5.41) is 11.2. The molecule has 0 spiro atoms. The average molecular weight is 298 g/mol. The molecule has 0 N–H and O–H groups in total. The Labute approximate surface area is 118 Å². The van der Waals surface area contributed by atoms with Gasteiger partial charge in [-0.1, -0.05) is 6.92 Å². The number of rotatable bonds is 3. The van der Waals surface area contributed by atoms with Gasteiger partial charge in [-0.2, -0.15) is 0 Å². The van der Waals surface area contributed by atoms with Crippen LogP contribution in [0.3, 0.4) is 0 Å². The number of sulfone groups is 1. The van der Waals surface area contributed by atoms with E-state index in [4.69, 9.17) is 0 Å². The predicted molar refractivity (Wildman–Crippen MR) is 76.8 cm³/mol. The van der Waals surface area contributed by atoms with Crippen LogP contribution in [0.4, 0.5) is 11.4 Å². The van der Waals surface area contributed by atoms with Crippen LogP contribution in [0.1, 0.15) is 20.3 Å². The molecule has 0 bridgehead atoms. The molecule has 1 aliphatic heterocycles. The number of nitro groups is 1. The SMILES string of the molecule is C[C@@H]1C[C@@H](C)N(c2ccc(S(C)(=O)=O)cc2[N+](=O)[O-])C1. The van der Waals surface area contributed by atoms with Crippen LogP contribution in [-0.4, -0.2) is 32.2 Å². The largest absolute Gasteiger partial charge is 0.363 e. The predicted octanol–water partition coefficient (Wildman–Crippen LogP) is 2.23. The lowest BCUT2D eigenvalue weighted by molar-refractivity contribution is -0.384. The molecule has 0 amide bonds. The summed E-state index contributed by atoms with van der Waals surface area (Å²) < 4.78 is 23.0. The Hall–Kier alpha value is -1.63. The Morgan fingerprint density at radius 1 is 1.35 bits per heavy atom. The van der Waals surface area contributed by atoms with Crippen LogP contribution >= 0.6 is 0 Å². The highest BCUT2D eigenvalue weighted by Crippen LogP contribution is 2.36. The highest BCUT2D eigenvalue weighted by molar-refractivity contribution is 7.90. The molecule has 1 aliphatic rings. The molecule has 0 aromatic heterocycles. The van der Waals surface area contributed by atoms with Gasteiger partial charge in [0.1, 0.15) is 5.69 Å². The maximum absolute atomic E-state index is 11.5. The normalized spacial score (nSPS) is 23.1. The minimum atomic E-state index is -3.45. The molecule has 0 aliphatic carbocycles. The molecular weight excluding hydrogens is 280 g/mol. The van der Waals surface area contributed by atoms with Crippen LogP contribution in [0.25, 0.3) is 0 Å². The first-order valence-electron chi connectivity index (χ1n) is 6.45. The van der Waals surface area contributed by atoms with Crippen molar-refractivity contribution in [2.45, 2.75) is 31.2 Å². The molecule has 0 saturated carbocycles. The van der Waals surface area contributed by atoms with E-state index < -0.39 is 14.8 Å². The third kappa shape index (κ3) is 2.77. The summed E-state index contributed by atoms with van der Waals surface area (Å²) in [4.78, 5) is 12.7. The zero-order valence-electron chi connectivity index (χ0n) is 11.7. The summed E-state index contributed by atoms with van der Waals surface area (Å²) in [7, 11) is -3.45. The first kappa shape index (κ1) is 14.8. The average Bonchev–Trinajstić information content (AvgIpc) is 2.66. The lowest BCUT2D eigenvalue weighted by Gasteiger charge is -2.23. The van der Waals surface area contributed by atoms with Gasteiger partial charge in [0, 0.05) is 24.9 Å². The first-order chi connectivity index (χ1) is 9.20. The monoisotopic (exact) mass is 298 g/mol. The van der Waals surface area contributed by atoms with Crippen LogP contribution in [0.2, 0.25) is 0 Å². The molecule has 0 radical (unpaired) electrons. The summed E-state index contributed by atoms with van der Waals surface area (Å²) in [5.74, 6) is 0.471. The molecule has 1 saturated heterocycles. The lowest BCUT2D eigenvalue weighted by atomic mass is 10.1. The fourth-order valence-corrected chi connectivity index (χ4v) is 3.40. The van der Waals surface area contributed by atoms with Gasteiger partial charge < -0.3 is 4.90 Å². The molecule has 1 fully saturated rings. The molecule has 20 heavy (non-hydrogen) atoms. The van der Waals surface area contributed by atoms with E-state index in [9.17, 15) is 18.5 Å². The van der Waals surface area contributed by atoms with Gasteiger partial charge in [0.15, 0.2) is 9.84 Å². The second kappa shape index (κ2) is 5.05. The fourth-order valence-electron chi connectivity index (χ4n) is 2.76. The quantitative estimate of drug-likeness (QED) is 0.631. The van der Waals surface area contributed by atoms with Gasteiger partial charge in [-0.25, -0.2) is 8.42 Å². The number of hydrogen-bond donors (Lipinski definition) is 0. The van der Waals surface area contributed by atoms with Crippen LogP contribution in [-0.2, 0) is 9.84 Å². The third-order valence-electron chi connectivity index (χ3n) is 3.67. The summed E-state index contributed by atoms with van der Waals surface area (Å²) in [6.07, 6.45) is 2.03. The third-order valence-corrected chi connectivity index (χ3v) is 4.78. The van der Waals surface area contributed by atoms with Crippen molar-refractivity contribution in [2.24, 2.45) is 5.92 Å². The van der Waals surface area contributed by atoms with E-state index in [1.807, 2.05) is 11.8 Å². The first-order valence-corrected chi connectivity index (χ1v) is 8.34. The van der Waals surface area contributed by atoms with Crippen LogP contribution in [0.15, 0.2) is 23.1 Å². The van der Waals surface area contributed by atoms with Crippen molar-refractivity contribution in [2.75, 3.05) is 17.7 Å². The van der Waals surface area contributed by atoms with Gasteiger partial charge in [0.25, 0.3) is 5.69 Å². The van der Waals surface area contributed by atoms with Crippen molar-refractivity contribution in [1.29, 1.82) is 0 Å². The van der Waals surface area contributed by atoms with Gasteiger partial charge in [0.2, 0.25) is 0 Å². The van der Waals surface area contributed by atoms with Gasteiger partial charge in [-0.05, 0) is 31.4 Å². The number of anilines is 1. The highest BCUT2D eigenvalue weighted by atomic mass is 32.2. The van der Waals surface area contributed by atoms with Crippen molar-refractivity contribution in [3.8, 4) is 0 Å². The topological polar surface area (TPSA) is 80.5 Å². The molecule has 0 unspecified atom stereocenters. The van der Waals surface area contributed by atoms with Crippen molar-refractivity contribution < 1.29 is 13.3 Å². The van der Waals surface area contributed by atoms with Crippen molar-refractivity contribution in [1.82, 2.24) is 0 Å². The lowest BCUT2D eigenvalue weighted by Crippen LogP contribution is -2.27. The second-order valence-electron chi connectivity index (χ2n) is 5.52. The van der Waals surface area contributed by atoms with E-state index >= 15 is 0 Å². The Morgan fingerprint density at radius 2 is 2.00 bits per heavy atom. The summed E-state index contributed by atoms with van der Waals surface area (Å²) >= 11 is 0. The van der Waals surface area contributed by atoms with Crippen LogP contribution in [0.5, 0.6) is 0 Å². The number of hydrogen-bond acceptors (Lipinski definition) is 5. The molecule has 2 atom stereocenters. The Morgan fingerprint density at radius 3 is 2.45 bits per heavy atom. The Kier molecular flexibility index (Phi) is 3.73. The molecule has 110 valence electrons. The highest BCUT2D eigenvalue weighted by Gasteiger charge is 2.31. The summed E-state index contributed by atoms with van der Waals surface area (Å²) in [6, 6.07) is 4.35. The molecular formula is C13H18N2O4S. The number of nitrogens with zero attached hydrogens (tertiary/aromatic N) is 2. The molecule has 6 nitrogen and oxygen atoms in total. The summed E-state index contributed by atoms with van der Waals surface area (Å²) in [5.41, 5.74) is 0.355.